The maximum atomic E-state index is 11.5. The van der Waals surface area contributed by atoms with Crippen LogP contribution >= 0.6 is 0 Å². The number of likely N-dealkylation sites (tertiary alicyclic amines) is 1. The summed E-state index contributed by atoms with van der Waals surface area (Å²) in [5, 5.41) is 17.8. The quantitative estimate of drug-likeness (QED) is 0.664. The maximum absolute atomic E-state index is 11.5. The van der Waals surface area contributed by atoms with Crippen molar-refractivity contribution in [2.75, 3.05) is 6.54 Å². The van der Waals surface area contributed by atoms with Gasteiger partial charge < -0.3 is 15.1 Å². The van der Waals surface area contributed by atoms with Gasteiger partial charge in [-0.2, -0.15) is 0 Å². The van der Waals surface area contributed by atoms with Crippen LogP contribution in [0.4, 0.5) is 0 Å². The van der Waals surface area contributed by atoms with Crippen molar-refractivity contribution in [2.24, 2.45) is 0 Å². The van der Waals surface area contributed by atoms with Crippen LogP contribution in [0.25, 0.3) is 0 Å². The van der Waals surface area contributed by atoms with Gasteiger partial charge in [-0.1, -0.05) is 0 Å². The molecule has 0 radical (unpaired) electrons. The van der Waals surface area contributed by atoms with E-state index in [4.69, 9.17) is 10.2 Å². The average molecular weight is 201 g/mol. The molecule has 1 rings (SSSR count). The summed E-state index contributed by atoms with van der Waals surface area (Å²) in [6.45, 7) is 2.01. The van der Waals surface area contributed by atoms with Crippen LogP contribution in [0.15, 0.2) is 0 Å². The maximum Gasteiger partial charge on any atom is 0.326 e. The lowest BCUT2D eigenvalue weighted by Gasteiger charge is -2.21. The molecule has 1 fully saturated rings. The first-order valence-electron chi connectivity index (χ1n) is 4.72. The molecule has 0 aromatic rings. The molecule has 1 aliphatic heterocycles. The number of hydrogen-bond donors (Lipinski definition) is 2. The van der Waals surface area contributed by atoms with Crippen LogP contribution in [0.5, 0.6) is 0 Å². The zero-order chi connectivity index (χ0) is 10.7. The molecular weight excluding hydrogens is 186 g/mol. The number of carbonyl (C=O) groups is 2. The number of carbonyl (C=O) groups excluding carboxylic acids is 1. The van der Waals surface area contributed by atoms with Crippen LogP contribution in [0.3, 0.4) is 0 Å². The Hall–Kier alpha value is -1.10. The molecule has 1 amide bonds. The minimum absolute atomic E-state index is 0.00375. The zero-order valence-electron chi connectivity index (χ0n) is 8.14. The molecule has 5 nitrogen and oxygen atoms in total. The number of amides is 1. The molecule has 1 saturated heterocycles. The second-order valence-corrected chi connectivity index (χ2v) is 3.64. The van der Waals surface area contributed by atoms with Gasteiger partial charge in [-0.05, 0) is 19.8 Å². The van der Waals surface area contributed by atoms with Crippen molar-refractivity contribution in [3.05, 3.63) is 0 Å². The number of aliphatic hydroxyl groups excluding tert-OH is 1. The first-order valence-corrected chi connectivity index (χ1v) is 4.72. The number of rotatable bonds is 3. The van der Waals surface area contributed by atoms with E-state index >= 15 is 0 Å². The van der Waals surface area contributed by atoms with Gasteiger partial charge in [0.2, 0.25) is 5.91 Å². The summed E-state index contributed by atoms with van der Waals surface area (Å²) in [6, 6.07) is -0.693. The third-order valence-electron chi connectivity index (χ3n) is 2.33. The average Bonchev–Trinajstić information content (AvgIpc) is 2.49. The first kappa shape index (κ1) is 11.0. The Morgan fingerprint density at radius 3 is 2.71 bits per heavy atom. The molecule has 0 bridgehead atoms. The second-order valence-electron chi connectivity index (χ2n) is 3.64. The summed E-state index contributed by atoms with van der Waals surface area (Å²) < 4.78 is 0. The third-order valence-corrected chi connectivity index (χ3v) is 2.33. The Morgan fingerprint density at radius 1 is 1.57 bits per heavy atom. The number of nitrogens with zero attached hydrogens (tertiary/aromatic N) is 1. The predicted molar refractivity (Wildman–Crippen MR) is 48.7 cm³/mol. The summed E-state index contributed by atoms with van der Waals surface area (Å²) in [7, 11) is 0. The standard InChI is InChI=1S/C9H15NO4/c1-6(11)5-8(12)10-4-2-3-7(10)9(13)14/h6-7,11H,2-5H2,1H3,(H,13,14)/t6?,7-/m0/s1. The summed E-state index contributed by atoms with van der Waals surface area (Å²) in [4.78, 5) is 23.6. The fourth-order valence-corrected chi connectivity index (χ4v) is 1.69. The molecule has 2 atom stereocenters. The highest BCUT2D eigenvalue weighted by atomic mass is 16.4. The molecule has 1 heterocycles. The molecular formula is C9H15NO4. The van der Waals surface area contributed by atoms with E-state index in [0.717, 1.165) is 6.42 Å². The Kier molecular flexibility index (Phi) is 3.46. The van der Waals surface area contributed by atoms with Crippen molar-refractivity contribution >= 4 is 11.9 Å². The number of aliphatic hydroxyl groups is 1. The Labute approximate surface area is 82.3 Å². The Balaban J connectivity index is 2.58. The molecule has 0 aliphatic carbocycles. The van der Waals surface area contributed by atoms with Gasteiger partial charge in [0.15, 0.2) is 0 Å². The van der Waals surface area contributed by atoms with E-state index in [2.05, 4.69) is 0 Å². The summed E-state index contributed by atoms with van der Waals surface area (Å²) in [6.07, 6.45) is 0.533. The number of carboxylic acids is 1. The molecule has 0 aromatic carbocycles. The monoisotopic (exact) mass is 201 g/mol. The molecule has 0 aromatic heterocycles. The lowest BCUT2D eigenvalue weighted by molar-refractivity contribution is -0.148. The smallest absolute Gasteiger partial charge is 0.326 e. The second kappa shape index (κ2) is 4.41. The van der Waals surface area contributed by atoms with Crippen molar-refractivity contribution in [1.29, 1.82) is 0 Å². The topological polar surface area (TPSA) is 77.8 Å². The van der Waals surface area contributed by atoms with Crippen LogP contribution in [0.2, 0.25) is 0 Å². The summed E-state index contributed by atoms with van der Waals surface area (Å²) in [5.74, 6) is -1.23. The lowest BCUT2D eigenvalue weighted by Crippen LogP contribution is -2.41. The minimum Gasteiger partial charge on any atom is -0.480 e. The Bertz CT molecular complexity index is 239. The van der Waals surface area contributed by atoms with E-state index in [-0.39, 0.29) is 12.3 Å². The number of aliphatic carboxylic acids is 1. The largest absolute Gasteiger partial charge is 0.480 e. The number of carboxylic acid groups (broad SMARTS) is 1. The summed E-state index contributed by atoms with van der Waals surface area (Å²) >= 11 is 0. The van der Waals surface area contributed by atoms with E-state index in [1.165, 1.54) is 11.8 Å². The van der Waals surface area contributed by atoms with Crippen molar-refractivity contribution in [2.45, 2.75) is 38.3 Å². The molecule has 1 aliphatic rings. The van der Waals surface area contributed by atoms with Gasteiger partial charge >= 0.3 is 5.97 Å². The van der Waals surface area contributed by atoms with Crippen LogP contribution < -0.4 is 0 Å². The van der Waals surface area contributed by atoms with Crippen molar-refractivity contribution in [1.82, 2.24) is 4.90 Å². The Morgan fingerprint density at radius 2 is 2.21 bits per heavy atom. The molecule has 5 heteroatoms. The fourth-order valence-electron chi connectivity index (χ4n) is 1.69. The normalized spacial score (nSPS) is 23.6. The zero-order valence-corrected chi connectivity index (χ0v) is 8.14. The molecule has 2 N–H and O–H groups in total. The number of hydrogen-bond acceptors (Lipinski definition) is 3. The van der Waals surface area contributed by atoms with Gasteiger partial charge in [0.05, 0.1) is 12.5 Å². The van der Waals surface area contributed by atoms with Crippen molar-refractivity contribution in [3.8, 4) is 0 Å². The van der Waals surface area contributed by atoms with Gasteiger partial charge in [0.1, 0.15) is 6.04 Å². The van der Waals surface area contributed by atoms with Crippen molar-refractivity contribution < 1.29 is 19.8 Å². The van der Waals surface area contributed by atoms with Gasteiger partial charge in [-0.15, -0.1) is 0 Å². The van der Waals surface area contributed by atoms with E-state index in [1.54, 1.807) is 0 Å². The SMILES string of the molecule is CC(O)CC(=O)N1CCC[C@H]1C(=O)O. The van der Waals surface area contributed by atoms with E-state index in [9.17, 15) is 9.59 Å². The first-order chi connectivity index (χ1) is 6.52. The van der Waals surface area contributed by atoms with Gasteiger partial charge in [-0.25, -0.2) is 4.79 Å². The third kappa shape index (κ3) is 2.45. The highest BCUT2D eigenvalue weighted by Gasteiger charge is 2.33. The highest BCUT2D eigenvalue weighted by Crippen LogP contribution is 2.18. The molecule has 80 valence electrons. The summed E-state index contributed by atoms with van der Waals surface area (Å²) in [5.41, 5.74) is 0. The predicted octanol–water partition coefficient (Wildman–Crippen LogP) is -0.167. The van der Waals surface area contributed by atoms with Crippen LogP contribution in [-0.4, -0.2) is 45.7 Å². The minimum atomic E-state index is -0.957. The molecule has 1 unspecified atom stereocenters. The molecule has 0 spiro atoms. The van der Waals surface area contributed by atoms with E-state index in [0.29, 0.717) is 13.0 Å². The molecule has 14 heavy (non-hydrogen) atoms. The fraction of sp³-hybridized carbons (Fsp3) is 0.778. The van der Waals surface area contributed by atoms with E-state index < -0.39 is 18.1 Å². The van der Waals surface area contributed by atoms with E-state index in [1.807, 2.05) is 0 Å². The van der Waals surface area contributed by atoms with Crippen LogP contribution in [0.1, 0.15) is 26.2 Å². The van der Waals surface area contributed by atoms with Crippen molar-refractivity contribution in [3.63, 3.8) is 0 Å². The van der Waals surface area contributed by atoms with Crippen LogP contribution in [-0.2, 0) is 9.59 Å². The van der Waals surface area contributed by atoms with Gasteiger partial charge in [-0.3, -0.25) is 4.79 Å². The highest BCUT2D eigenvalue weighted by molar-refractivity contribution is 5.84. The lowest BCUT2D eigenvalue weighted by atomic mass is 10.2. The van der Waals surface area contributed by atoms with Gasteiger partial charge in [0, 0.05) is 6.54 Å². The van der Waals surface area contributed by atoms with Crippen LogP contribution in [0, 0.1) is 0 Å². The van der Waals surface area contributed by atoms with Gasteiger partial charge in [0.25, 0.3) is 0 Å². The molecule has 0 saturated carbocycles.